The summed E-state index contributed by atoms with van der Waals surface area (Å²) < 4.78 is 2.29. The molecule has 1 aromatic heterocycles. The highest BCUT2D eigenvalue weighted by atomic mass is 16.2. The van der Waals surface area contributed by atoms with E-state index in [1.54, 1.807) is 0 Å². The molecule has 0 saturated carbocycles. The maximum Gasteiger partial charge on any atom is 0.240 e. The fraction of sp³-hybridized carbons (Fsp3) is 0.667. The highest BCUT2D eigenvalue weighted by Crippen LogP contribution is 2.27. The lowest BCUT2D eigenvalue weighted by Gasteiger charge is -2.37. The summed E-state index contributed by atoms with van der Waals surface area (Å²) in [6.07, 6.45) is 0.752. The van der Waals surface area contributed by atoms with Crippen LogP contribution in [0.4, 0.5) is 0 Å². The number of aromatic nitrogens is 1. The second-order valence-corrected chi connectivity index (χ2v) is 5.99. The smallest absolute Gasteiger partial charge is 0.240 e. The van der Waals surface area contributed by atoms with Gasteiger partial charge in [-0.15, -0.1) is 0 Å². The number of carbonyl (C=O) groups excluding carboxylic acids is 1. The minimum atomic E-state index is -0.370. The molecule has 2 atom stereocenters. The van der Waals surface area contributed by atoms with Gasteiger partial charge in [0.1, 0.15) is 0 Å². The van der Waals surface area contributed by atoms with Crippen LogP contribution in [0, 0.1) is 12.8 Å². The van der Waals surface area contributed by atoms with E-state index in [1.165, 1.54) is 11.4 Å². The lowest BCUT2D eigenvalue weighted by atomic mass is 10.0. The predicted octanol–water partition coefficient (Wildman–Crippen LogP) is 2.07. The van der Waals surface area contributed by atoms with Crippen molar-refractivity contribution in [3.05, 3.63) is 23.5 Å². The average molecular weight is 263 g/mol. The van der Waals surface area contributed by atoms with Crippen LogP contribution in [0.3, 0.4) is 0 Å². The van der Waals surface area contributed by atoms with E-state index < -0.39 is 0 Å². The van der Waals surface area contributed by atoms with E-state index in [2.05, 4.69) is 44.4 Å². The molecule has 4 heteroatoms. The summed E-state index contributed by atoms with van der Waals surface area (Å²) in [7, 11) is 0. The number of nitrogens with two attached hydrogens (primary N) is 1. The Bertz CT molecular complexity index is 464. The zero-order chi connectivity index (χ0) is 14.2. The molecule has 0 aliphatic carbocycles. The van der Waals surface area contributed by atoms with Crippen LogP contribution in [-0.2, 0) is 11.3 Å². The summed E-state index contributed by atoms with van der Waals surface area (Å²) in [4.78, 5) is 14.4. The van der Waals surface area contributed by atoms with Crippen molar-refractivity contribution >= 4 is 5.91 Å². The predicted molar refractivity (Wildman–Crippen MR) is 76.7 cm³/mol. The van der Waals surface area contributed by atoms with Gasteiger partial charge in [0.05, 0.1) is 12.1 Å². The number of amides is 1. The Morgan fingerprint density at radius 2 is 2.11 bits per heavy atom. The largest absolute Gasteiger partial charge is 0.345 e. The quantitative estimate of drug-likeness (QED) is 0.907. The minimum Gasteiger partial charge on any atom is -0.345 e. The molecular formula is C15H25N3O. The van der Waals surface area contributed by atoms with Crippen molar-refractivity contribution in [3.8, 4) is 0 Å². The standard InChI is InChI=1S/C15H25N3O/c1-10(2)9-13(16)15(19)18-8-7-17-11(3)5-6-14(17)12(18)4/h5-6,10,12-13H,7-9,16H2,1-4H3/t12?,13-/m1/s1. The Kier molecular flexibility index (Phi) is 3.99. The van der Waals surface area contributed by atoms with E-state index in [9.17, 15) is 4.79 Å². The number of hydrogen-bond donors (Lipinski definition) is 1. The van der Waals surface area contributed by atoms with E-state index in [0.29, 0.717) is 5.92 Å². The van der Waals surface area contributed by atoms with Crippen LogP contribution in [0.25, 0.3) is 0 Å². The van der Waals surface area contributed by atoms with Crippen molar-refractivity contribution in [1.29, 1.82) is 0 Å². The van der Waals surface area contributed by atoms with Gasteiger partial charge in [0.25, 0.3) is 0 Å². The zero-order valence-corrected chi connectivity index (χ0v) is 12.4. The zero-order valence-electron chi connectivity index (χ0n) is 12.4. The summed E-state index contributed by atoms with van der Waals surface area (Å²) >= 11 is 0. The molecule has 2 N–H and O–H groups in total. The van der Waals surface area contributed by atoms with Crippen molar-refractivity contribution in [2.24, 2.45) is 11.7 Å². The molecule has 0 bridgehead atoms. The second-order valence-electron chi connectivity index (χ2n) is 5.99. The van der Waals surface area contributed by atoms with Crippen LogP contribution in [0.2, 0.25) is 0 Å². The maximum atomic E-state index is 12.5. The van der Waals surface area contributed by atoms with E-state index >= 15 is 0 Å². The van der Waals surface area contributed by atoms with E-state index in [-0.39, 0.29) is 18.0 Å². The molecule has 0 radical (unpaired) electrons. The molecule has 0 saturated heterocycles. The van der Waals surface area contributed by atoms with Gasteiger partial charge < -0.3 is 15.2 Å². The van der Waals surface area contributed by atoms with Gasteiger partial charge in [0, 0.05) is 24.5 Å². The molecule has 2 rings (SSSR count). The molecule has 2 heterocycles. The highest BCUT2D eigenvalue weighted by molar-refractivity contribution is 5.82. The Balaban J connectivity index is 2.13. The van der Waals surface area contributed by atoms with Crippen LogP contribution in [0.15, 0.2) is 12.1 Å². The van der Waals surface area contributed by atoms with Crippen LogP contribution < -0.4 is 5.73 Å². The molecular weight excluding hydrogens is 238 g/mol. The Labute approximate surface area is 115 Å². The summed E-state index contributed by atoms with van der Waals surface area (Å²) in [6, 6.07) is 3.99. The first kappa shape index (κ1) is 14.1. The summed E-state index contributed by atoms with van der Waals surface area (Å²) in [5.74, 6) is 0.538. The van der Waals surface area contributed by atoms with Gasteiger partial charge in [-0.05, 0) is 38.3 Å². The van der Waals surface area contributed by atoms with Gasteiger partial charge in [-0.25, -0.2) is 0 Å². The summed E-state index contributed by atoms with van der Waals surface area (Å²) in [5, 5.41) is 0. The van der Waals surface area contributed by atoms with Crippen molar-refractivity contribution < 1.29 is 4.79 Å². The maximum absolute atomic E-state index is 12.5. The molecule has 106 valence electrons. The monoisotopic (exact) mass is 263 g/mol. The first-order valence-electron chi connectivity index (χ1n) is 7.14. The lowest BCUT2D eigenvalue weighted by molar-refractivity contribution is -0.136. The molecule has 1 aliphatic heterocycles. The first-order valence-corrected chi connectivity index (χ1v) is 7.14. The number of nitrogens with zero attached hydrogens (tertiary/aromatic N) is 2. The Hall–Kier alpha value is -1.29. The highest BCUT2D eigenvalue weighted by Gasteiger charge is 2.31. The number of rotatable bonds is 3. The van der Waals surface area contributed by atoms with Crippen molar-refractivity contribution in [1.82, 2.24) is 9.47 Å². The number of hydrogen-bond acceptors (Lipinski definition) is 2. The molecule has 1 aliphatic rings. The van der Waals surface area contributed by atoms with Crippen LogP contribution in [0.5, 0.6) is 0 Å². The fourth-order valence-corrected chi connectivity index (χ4v) is 2.94. The van der Waals surface area contributed by atoms with Crippen LogP contribution in [-0.4, -0.2) is 28.0 Å². The lowest BCUT2D eigenvalue weighted by Crippen LogP contribution is -2.49. The molecule has 0 fully saturated rings. The number of fused-ring (bicyclic) bond motifs is 1. The normalized spacial score (nSPS) is 20.5. The van der Waals surface area contributed by atoms with E-state index in [1.807, 2.05) is 4.90 Å². The van der Waals surface area contributed by atoms with Gasteiger partial charge >= 0.3 is 0 Å². The van der Waals surface area contributed by atoms with Crippen molar-refractivity contribution in [2.45, 2.75) is 52.7 Å². The molecule has 0 spiro atoms. The van der Waals surface area contributed by atoms with Gasteiger partial charge in [0.2, 0.25) is 5.91 Å². The van der Waals surface area contributed by atoms with Gasteiger partial charge in [-0.3, -0.25) is 4.79 Å². The molecule has 1 amide bonds. The summed E-state index contributed by atoms with van der Waals surface area (Å²) in [5.41, 5.74) is 8.52. The minimum absolute atomic E-state index is 0.0892. The third kappa shape index (κ3) is 2.68. The van der Waals surface area contributed by atoms with Crippen LogP contribution in [0.1, 0.15) is 44.6 Å². The SMILES string of the molecule is Cc1ccc2n1CCN(C(=O)[C@H](N)CC(C)C)C2C. The molecule has 0 aromatic carbocycles. The van der Waals surface area contributed by atoms with E-state index in [0.717, 1.165) is 19.5 Å². The topological polar surface area (TPSA) is 51.3 Å². The van der Waals surface area contributed by atoms with E-state index in [4.69, 9.17) is 5.73 Å². The second kappa shape index (κ2) is 5.37. The number of carbonyl (C=O) groups is 1. The third-order valence-corrected chi connectivity index (χ3v) is 4.02. The summed E-state index contributed by atoms with van der Waals surface area (Å²) in [6.45, 7) is 10.0. The third-order valence-electron chi connectivity index (χ3n) is 4.02. The fourth-order valence-electron chi connectivity index (χ4n) is 2.94. The average Bonchev–Trinajstić information content (AvgIpc) is 2.71. The Morgan fingerprint density at radius 1 is 1.42 bits per heavy atom. The molecule has 1 unspecified atom stereocenters. The Morgan fingerprint density at radius 3 is 2.74 bits per heavy atom. The van der Waals surface area contributed by atoms with Gasteiger partial charge in [0.15, 0.2) is 0 Å². The van der Waals surface area contributed by atoms with Crippen molar-refractivity contribution in [2.75, 3.05) is 6.54 Å². The molecule has 4 nitrogen and oxygen atoms in total. The first-order chi connectivity index (χ1) is 8.91. The van der Waals surface area contributed by atoms with Gasteiger partial charge in [-0.2, -0.15) is 0 Å². The number of aryl methyl sites for hydroxylation is 1. The van der Waals surface area contributed by atoms with Crippen molar-refractivity contribution in [3.63, 3.8) is 0 Å². The van der Waals surface area contributed by atoms with Crippen LogP contribution >= 0.6 is 0 Å². The van der Waals surface area contributed by atoms with Gasteiger partial charge in [-0.1, -0.05) is 13.8 Å². The molecule has 1 aromatic rings. The molecule has 19 heavy (non-hydrogen) atoms.